The van der Waals surface area contributed by atoms with Gasteiger partial charge >= 0.3 is 0 Å². The number of hydrogen-bond donors (Lipinski definition) is 2. The van der Waals surface area contributed by atoms with E-state index in [1.165, 1.54) is 0 Å². The van der Waals surface area contributed by atoms with E-state index in [2.05, 4.69) is 4.98 Å². The van der Waals surface area contributed by atoms with Crippen molar-refractivity contribution in [2.75, 3.05) is 5.73 Å². The molecule has 0 aliphatic heterocycles. The van der Waals surface area contributed by atoms with Crippen LogP contribution in [0.15, 0.2) is 47.5 Å². The van der Waals surface area contributed by atoms with Crippen molar-refractivity contribution in [2.24, 2.45) is 0 Å². The van der Waals surface area contributed by atoms with E-state index in [9.17, 15) is 5.11 Å². The molecule has 0 unspecified atom stereocenters. The molecule has 0 saturated carbocycles. The smallest absolute Gasteiger partial charge is 0.129 e. The molecule has 0 radical (unpaired) electrons. The normalized spacial score (nSPS) is 10.2. The zero-order chi connectivity index (χ0) is 11.4. The first-order valence-corrected chi connectivity index (χ1v) is 5.85. The van der Waals surface area contributed by atoms with Crippen LogP contribution in [-0.4, -0.2) is 10.1 Å². The number of aromatic hydroxyl groups is 1. The van der Waals surface area contributed by atoms with E-state index in [4.69, 9.17) is 5.73 Å². The summed E-state index contributed by atoms with van der Waals surface area (Å²) >= 11 is 1.58. The molecule has 4 heteroatoms. The third-order valence-electron chi connectivity index (χ3n) is 2.11. The third-order valence-corrected chi connectivity index (χ3v) is 3.24. The molecule has 16 heavy (non-hydrogen) atoms. The average molecular weight is 232 g/mol. The Hall–Kier alpha value is -1.68. The molecule has 0 aliphatic rings. The maximum atomic E-state index is 9.58. The van der Waals surface area contributed by atoms with E-state index >= 15 is 0 Å². The van der Waals surface area contributed by atoms with E-state index < -0.39 is 0 Å². The molecule has 0 saturated heterocycles. The van der Waals surface area contributed by atoms with Crippen LogP contribution in [0.1, 0.15) is 5.56 Å². The fourth-order valence-electron chi connectivity index (χ4n) is 1.26. The van der Waals surface area contributed by atoms with Crippen LogP contribution in [0.2, 0.25) is 0 Å². The molecule has 0 aliphatic carbocycles. The van der Waals surface area contributed by atoms with Gasteiger partial charge in [-0.1, -0.05) is 18.2 Å². The van der Waals surface area contributed by atoms with Crippen molar-refractivity contribution in [3.8, 4) is 5.75 Å². The predicted octanol–water partition coefficient (Wildman–Crippen LogP) is 2.66. The highest BCUT2D eigenvalue weighted by molar-refractivity contribution is 7.98. The number of anilines is 1. The molecule has 0 bridgehead atoms. The van der Waals surface area contributed by atoms with Crippen LogP contribution in [0.4, 0.5) is 5.82 Å². The van der Waals surface area contributed by atoms with Gasteiger partial charge in [0.2, 0.25) is 0 Å². The van der Waals surface area contributed by atoms with Gasteiger partial charge in [-0.25, -0.2) is 4.98 Å². The van der Waals surface area contributed by atoms with Crippen LogP contribution >= 0.6 is 11.8 Å². The first-order chi connectivity index (χ1) is 7.75. The Labute approximate surface area is 98.3 Å². The number of nitrogens with zero attached hydrogens (tertiary/aromatic N) is 1. The maximum absolute atomic E-state index is 9.58. The molecular weight excluding hydrogens is 220 g/mol. The SMILES string of the molecule is Nc1ccc(CSc2ccccc2O)cn1. The van der Waals surface area contributed by atoms with Gasteiger partial charge in [-0.3, -0.25) is 0 Å². The minimum Gasteiger partial charge on any atom is -0.507 e. The Balaban J connectivity index is 2.02. The van der Waals surface area contributed by atoms with Gasteiger partial charge in [0.05, 0.1) is 0 Å². The molecule has 1 heterocycles. The molecule has 0 atom stereocenters. The Bertz CT molecular complexity index is 471. The van der Waals surface area contributed by atoms with Crippen LogP contribution in [0.3, 0.4) is 0 Å². The molecule has 1 aromatic carbocycles. The summed E-state index contributed by atoms with van der Waals surface area (Å²) in [7, 11) is 0. The largest absolute Gasteiger partial charge is 0.507 e. The highest BCUT2D eigenvalue weighted by Crippen LogP contribution is 2.30. The van der Waals surface area contributed by atoms with Crippen molar-refractivity contribution in [2.45, 2.75) is 10.6 Å². The lowest BCUT2D eigenvalue weighted by molar-refractivity contribution is 0.462. The fourth-order valence-corrected chi connectivity index (χ4v) is 2.15. The van der Waals surface area contributed by atoms with E-state index in [-0.39, 0.29) is 0 Å². The highest BCUT2D eigenvalue weighted by Gasteiger charge is 2.01. The first-order valence-electron chi connectivity index (χ1n) is 4.87. The zero-order valence-corrected chi connectivity index (χ0v) is 9.45. The molecule has 0 amide bonds. The van der Waals surface area contributed by atoms with Gasteiger partial charge in [0, 0.05) is 16.8 Å². The molecule has 2 rings (SSSR count). The molecule has 3 N–H and O–H groups in total. The monoisotopic (exact) mass is 232 g/mol. The molecule has 0 fully saturated rings. The van der Waals surface area contributed by atoms with Gasteiger partial charge in [0.25, 0.3) is 0 Å². The van der Waals surface area contributed by atoms with Gasteiger partial charge < -0.3 is 10.8 Å². The van der Waals surface area contributed by atoms with E-state index in [0.717, 1.165) is 16.2 Å². The maximum Gasteiger partial charge on any atom is 0.129 e. The first kappa shape index (κ1) is 10.8. The Morgan fingerprint density at radius 1 is 1.19 bits per heavy atom. The van der Waals surface area contributed by atoms with Crippen molar-refractivity contribution < 1.29 is 5.11 Å². The van der Waals surface area contributed by atoms with E-state index in [1.807, 2.05) is 24.3 Å². The molecule has 0 spiro atoms. The topological polar surface area (TPSA) is 59.1 Å². The minimum absolute atomic E-state index is 0.316. The van der Waals surface area contributed by atoms with Crippen LogP contribution in [0, 0.1) is 0 Å². The van der Waals surface area contributed by atoms with Gasteiger partial charge in [-0.2, -0.15) is 0 Å². The number of nitrogens with two attached hydrogens (primary N) is 1. The van der Waals surface area contributed by atoms with Crippen LogP contribution in [0.5, 0.6) is 5.75 Å². The summed E-state index contributed by atoms with van der Waals surface area (Å²) in [4.78, 5) is 4.89. The number of thioether (sulfide) groups is 1. The number of hydrogen-bond acceptors (Lipinski definition) is 4. The Morgan fingerprint density at radius 3 is 2.69 bits per heavy atom. The number of phenols is 1. The molecular formula is C12H12N2OS. The lowest BCUT2D eigenvalue weighted by Gasteiger charge is -2.03. The fraction of sp³-hybridized carbons (Fsp3) is 0.0833. The minimum atomic E-state index is 0.316. The molecule has 2 aromatic rings. The van der Waals surface area contributed by atoms with Crippen molar-refractivity contribution in [1.29, 1.82) is 0 Å². The van der Waals surface area contributed by atoms with Gasteiger partial charge in [0.15, 0.2) is 0 Å². The Morgan fingerprint density at radius 2 is 2.00 bits per heavy atom. The number of phenolic OH excluding ortho intramolecular Hbond substituents is 1. The third kappa shape index (κ3) is 2.67. The zero-order valence-electron chi connectivity index (χ0n) is 8.63. The summed E-state index contributed by atoms with van der Waals surface area (Å²) in [6, 6.07) is 11.0. The van der Waals surface area contributed by atoms with Crippen LogP contribution < -0.4 is 5.73 Å². The van der Waals surface area contributed by atoms with E-state index in [1.54, 1.807) is 30.1 Å². The summed E-state index contributed by atoms with van der Waals surface area (Å²) in [5.74, 6) is 1.61. The van der Waals surface area contributed by atoms with Crippen molar-refractivity contribution in [3.63, 3.8) is 0 Å². The molecule has 3 nitrogen and oxygen atoms in total. The van der Waals surface area contributed by atoms with Gasteiger partial charge in [-0.05, 0) is 23.8 Å². The standard InChI is InChI=1S/C12H12N2OS/c13-12-6-5-9(7-14-12)8-16-11-4-2-1-3-10(11)15/h1-7,15H,8H2,(H2,13,14). The lowest BCUT2D eigenvalue weighted by atomic mass is 10.3. The summed E-state index contributed by atoms with van der Waals surface area (Å²) in [5, 5.41) is 9.58. The lowest BCUT2D eigenvalue weighted by Crippen LogP contribution is -1.90. The van der Waals surface area contributed by atoms with Gasteiger partial charge in [-0.15, -0.1) is 11.8 Å². The predicted molar refractivity (Wildman–Crippen MR) is 66.3 cm³/mol. The van der Waals surface area contributed by atoms with Crippen LogP contribution in [-0.2, 0) is 5.75 Å². The van der Waals surface area contributed by atoms with Crippen LogP contribution in [0.25, 0.3) is 0 Å². The van der Waals surface area contributed by atoms with Gasteiger partial charge in [0.1, 0.15) is 11.6 Å². The second kappa shape index (κ2) is 4.90. The summed E-state index contributed by atoms with van der Waals surface area (Å²) < 4.78 is 0. The Kier molecular flexibility index (Phi) is 3.31. The number of nitrogen functional groups attached to an aromatic ring is 1. The van der Waals surface area contributed by atoms with Crippen molar-refractivity contribution >= 4 is 17.6 Å². The van der Waals surface area contributed by atoms with Crippen molar-refractivity contribution in [3.05, 3.63) is 48.2 Å². The number of pyridine rings is 1. The summed E-state index contributed by atoms with van der Waals surface area (Å²) in [5.41, 5.74) is 6.59. The summed E-state index contributed by atoms with van der Waals surface area (Å²) in [6.45, 7) is 0. The number of para-hydroxylation sites is 1. The second-order valence-corrected chi connectivity index (χ2v) is 4.36. The number of benzene rings is 1. The molecule has 82 valence electrons. The van der Waals surface area contributed by atoms with Crippen molar-refractivity contribution in [1.82, 2.24) is 4.98 Å². The molecule has 1 aromatic heterocycles. The highest BCUT2D eigenvalue weighted by atomic mass is 32.2. The average Bonchev–Trinajstić information content (AvgIpc) is 2.30. The second-order valence-electron chi connectivity index (χ2n) is 3.35. The quantitative estimate of drug-likeness (QED) is 0.799. The number of aromatic nitrogens is 1. The number of rotatable bonds is 3. The van der Waals surface area contributed by atoms with E-state index in [0.29, 0.717) is 11.6 Å². The summed E-state index contributed by atoms with van der Waals surface area (Å²) in [6.07, 6.45) is 1.75.